The van der Waals surface area contributed by atoms with Crippen molar-refractivity contribution in [1.29, 1.82) is 0 Å². The number of nitrogens with two attached hydrogens (primary N) is 1. The Morgan fingerprint density at radius 2 is 2.15 bits per heavy atom. The highest BCUT2D eigenvalue weighted by atomic mass is 16.4. The first kappa shape index (κ1) is 15.9. The van der Waals surface area contributed by atoms with Crippen LogP contribution in [0.2, 0.25) is 0 Å². The molecule has 1 heterocycles. The van der Waals surface area contributed by atoms with Gasteiger partial charge in [-0.25, -0.2) is 0 Å². The molecule has 0 aromatic heterocycles. The van der Waals surface area contributed by atoms with Gasteiger partial charge in [-0.1, -0.05) is 19.0 Å². The third-order valence-electron chi connectivity index (χ3n) is 3.76. The number of rotatable bonds is 4. The van der Waals surface area contributed by atoms with Gasteiger partial charge in [0.15, 0.2) is 5.84 Å². The molecule has 2 unspecified atom stereocenters. The first-order chi connectivity index (χ1) is 9.31. The second-order valence-corrected chi connectivity index (χ2v) is 4.94. The number of oxime groups is 1. The number of amides is 3. The molecule has 4 N–H and O–H groups in total. The van der Waals surface area contributed by atoms with E-state index in [9.17, 15) is 14.4 Å². The van der Waals surface area contributed by atoms with Gasteiger partial charge < -0.3 is 15.8 Å². The maximum atomic E-state index is 12.6. The number of carbonyl (C=O) groups is 3. The Hall–Kier alpha value is -2.12. The average molecular weight is 284 g/mol. The lowest BCUT2D eigenvalue weighted by molar-refractivity contribution is -0.153. The molecular formula is C12H20N4O4. The van der Waals surface area contributed by atoms with Crippen molar-refractivity contribution in [2.24, 2.45) is 16.3 Å². The topological polar surface area (TPSA) is 125 Å². The van der Waals surface area contributed by atoms with E-state index >= 15 is 0 Å². The van der Waals surface area contributed by atoms with E-state index in [-0.39, 0.29) is 18.8 Å². The van der Waals surface area contributed by atoms with E-state index in [0.29, 0.717) is 6.42 Å². The Morgan fingerprint density at radius 3 is 2.60 bits per heavy atom. The summed E-state index contributed by atoms with van der Waals surface area (Å²) in [6, 6.07) is -0.724. The minimum Gasteiger partial charge on any atom is -0.409 e. The molecule has 0 aromatic carbocycles. The second kappa shape index (κ2) is 5.89. The Morgan fingerprint density at radius 1 is 1.55 bits per heavy atom. The molecule has 0 spiro atoms. The number of nitrogens with zero attached hydrogens (tertiary/aromatic N) is 2. The molecule has 1 aliphatic heterocycles. The molecule has 1 rings (SSSR count). The molecule has 1 saturated heterocycles. The third kappa shape index (κ3) is 2.59. The largest absolute Gasteiger partial charge is 0.409 e. The molecule has 0 radical (unpaired) electrons. The van der Waals surface area contributed by atoms with E-state index in [2.05, 4.69) is 10.5 Å². The standard InChI is InChI=1S/C12H20N4O4/c1-4-7-9(18)14-8(17)6-16(7)11(19)12(3,5-2)10(13)15-20/h7,20H,4-6H2,1-3H3,(H2,13,15)(H,14,17,18). The maximum absolute atomic E-state index is 12.6. The predicted octanol–water partition coefficient (Wildman–Crippen LogP) is -0.587. The van der Waals surface area contributed by atoms with Gasteiger partial charge >= 0.3 is 0 Å². The van der Waals surface area contributed by atoms with Crippen LogP contribution in [0, 0.1) is 5.41 Å². The van der Waals surface area contributed by atoms with Gasteiger partial charge in [-0.15, -0.1) is 0 Å². The molecular weight excluding hydrogens is 264 g/mol. The van der Waals surface area contributed by atoms with Crippen LogP contribution >= 0.6 is 0 Å². The van der Waals surface area contributed by atoms with Gasteiger partial charge in [0.2, 0.25) is 17.7 Å². The van der Waals surface area contributed by atoms with Crippen molar-refractivity contribution >= 4 is 23.6 Å². The fourth-order valence-electron chi connectivity index (χ4n) is 2.16. The Kier molecular flexibility index (Phi) is 4.69. The summed E-state index contributed by atoms with van der Waals surface area (Å²) in [7, 11) is 0. The number of nitrogens with one attached hydrogen (secondary N) is 1. The van der Waals surface area contributed by atoms with Gasteiger partial charge in [0.1, 0.15) is 18.0 Å². The molecule has 0 aliphatic carbocycles. The number of hydrogen-bond acceptors (Lipinski definition) is 5. The van der Waals surface area contributed by atoms with Crippen molar-refractivity contribution in [3.63, 3.8) is 0 Å². The minimum absolute atomic E-state index is 0.211. The zero-order valence-corrected chi connectivity index (χ0v) is 11.8. The number of hydrogen-bond donors (Lipinski definition) is 3. The molecule has 2 atom stereocenters. The van der Waals surface area contributed by atoms with Crippen molar-refractivity contribution in [3.05, 3.63) is 0 Å². The Bertz CT molecular complexity index is 462. The van der Waals surface area contributed by atoms with E-state index in [1.807, 2.05) is 0 Å². The molecule has 0 bridgehead atoms. The summed E-state index contributed by atoms with van der Waals surface area (Å²) in [5.41, 5.74) is 4.34. The lowest BCUT2D eigenvalue weighted by atomic mass is 9.83. The molecule has 112 valence electrons. The fourth-order valence-corrected chi connectivity index (χ4v) is 2.16. The quantitative estimate of drug-likeness (QED) is 0.209. The van der Waals surface area contributed by atoms with E-state index in [1.165, 1.54) is 11.8 Å². The van der Waals surface area contributed by atoms with E-state index in [4.69, 9.17) is 10.9 Å². The highest BCUT2D eigenvalue weighted by Crippen LogP contribution is 2.27. The number of imide groups is 1. The summed E-state index contributed by atoms with van der Waals surface area (Å²) in [5, 5.41) is 13.9. The molecule has 0 aromatic rings. The monoisotopic (exact) mass is 284 g/mol. The summed E-state index contributed by atoms with van der Waals surface area (Å²) in [4.78, 5) is 37.1. The number of amidine groups is 1. The third-order valence-corrected chi connectivity index (χ3v) is 3.76. The van der Waals surface area contributed by atoms with Crippen molar-refractivity contribution in [2.45, 2.75) is 39.7 Å². The normalized spacial score (nSPS) is 23.2. The Balaban J connectivity index is 3.15. The molecule has 0 saturated carbocycles. The maximum Gasteiger partial charge on any atom is 0.249 e. The summed E-state index contributed by atoms with van der Waals surface area (Å²) in [5.74, 6) is -1.77. The van der Waals surface area contributed by atoms with Gasteiger partial charge in [-0.05, 0) is 19.8 Å². The van der Waals surface area contributed by atoms with Crippen molar-refractivity contribution < 1.29 is 19.6 Å². The zero-order valence-electron chi connectivity index (χ0n) is 11.8. The van der Waals surface area contributed by atoms with Gasteiger partial charge in [-0.3, -0.25) is 19.7 Å². The van der Waals surface area contributed by atoms with Crippen molar-refractivity contribution in [2.75, 3.05) is 6.54 Å². The van der Waals surface area contributed by atoms with Crippen LogP contribution in [0.5, 0.6) is 0 Å². The van der Waals surface area contributed by atoms with Crippen molar-refractivity contribution in [1.82, 2.24) is 10.2 Å². The number of piperazine rings is 1. The van der Waals surface area contributed by atoms with E-state index in [1.54, 1.807) is 13.8 Å². The van der Waals surface area contributed by atoms with E-state index < -0.39 is 29.2 Å². The Labute approximate surface area is 117 Å². The minimum atomic E-state index is -1.25. The second-order valence-electron chi connectivity index (χ2n) is 4.94. The number of carbonyl (C=O) groups excluding carboxylic acids is 3. The van der Waals surface area contributed by atoms with Gasteiger partial charge in [-0.2, -0.15) is 0 Å². The van der Waals surface area contributed by atoms with Crippen LogP contribution < -0.4 is 11.1 Å². The highest BCUT2D eigenvalue weighted by Gasteiger charge is 2.45. The molecule has 3 amide bonds. The molecule has 1 aliphatic rings. The van der Waals surface area contributed by atoms with Crippen LogP contribution in [0.4, 0.5) is 0 Å². The summed E-state index contributed by atoms with van der Waals surface area (Å²) in [6.07, 6.45) is 0.658. The molecule has 8 heteroatoms. The van der Waals surface area contributed by atoms with Crippen LogP contribution in [-0.2, 0) is 14.4 Å². The molecule has 20 heavy (non-hydrogen) atoms. The smallest absolute Gasteiger partial charge is 0.249 e. The van der Waals surface area contributed by atoms with Crippen molar-refractivity contribution in [3.8, 4) is 0 Å². The lowest BCUT2D eigenvalue weighted by Gasteiger charge is -2.38. The first-order valence-corrected chi connectivity index (χ1v) is 6.44. The summed E-state index contributed by atoms with van der Waals surface area (Å²) in [6.45, 7) is 4.77. The molecule has 8 nitrogen and oxygen atoms in total. The lowest BCUT2D eigenvalue weighted by Crippen LogP contribution is -2.63. The van der Waals surface area contributed by atoms with Gasteiger partial charge in [0.05, 0.1) is 0 Å². The van der Waals surface area contributed by atoms with Crippen LogP contribution in [0.1, 0.15) is 33.6 Å². The average Bonchev–Trinajstić information content (AvgIpc) is 2.43. The summed E-state index contributed by atoms with van der Waals surface area (Å²) >= 11 is 0. The predicted molar refractivity (Wildman–Crippen MR) is 70.7 cm³/mol. The zero-order chi connectivity index (χ0) is 15.5. The van der Waals surface area contributed by atoms with Crippen LogP contribution in [0.3, 0.4) is 0 Å². The van der Waals surface area contributed by atoms with Gasteiger partial charge in [0, 0.05) is 0 Å². The fraction of sp³-hybridized carbons (Fsp3) is 0.667. The van der Waals surface area contributed by atoms with E-state index in [0.717, 1.165) is 0 Å². The highest BCUT2D eigenvalue weighted by molar-refractivity contribution is 6.10. The van der Waals surface area contributed by atoms with Crippen LogP contribution in [0.25, 0.3) is 0 Å². The molecule has 1 fully saturated rings. The first-order valence-electron chi connectivity index (χ1n) is 6.44. The van der Waals surface area contributed by atoms with Gasteiger partial charge in [0.25, 0.3) is 0 Å². The SMILES string of the molecule is CCC1C(=O)NC(=O)CN1C(=O)C(C)(CC)C(N)=NO. The summed E-state index contributed by atoms with van der Waals surface area (Å²) < 4.78 is 0. The van der Waals surface area contributed by atoms with Crippen LogP contribution in [-0.4, -0.2) is 46.3 Å². The van der Waals surface area contributed by atoms with Crippen LogP contribution in [0.15, 0.2) is 5.16 Å².